The van der Waals surface area contributed by atoms with Crippen molar-refractivity contribution in [2.24, 2.45) is 0 Å². The van der Waals surface area contributed by atoms with Crippen molar-refractivity contribution in [1.29, 1.82) is 0 Å². The summed E-state index contributed by atoms with van der Waals surface area (Å²) in [5.41, 5.74) is 1.36. The maximum atomic E-state index is 12.3. The molecule has 1 heterocycles. The molecule has 0 spiro atoms. The van der Waals surface area contributed by atoms with Gasteiger partial charge in [-0.25, -0.2) is 0 Å². The van der Waals surface area contributed by atoms with Gasteiger partial charge in [-0.2, -0.15) is 0 Å². The number of carbonyl (C=O) groups is 1. The molecule has 1 aliphatic rings. The molecule has 0 aliphatic carbocycles. The van der Waals surface area contributed by atoms with Gasteiger partial charge in [-0.15, -0.1) is 12.4 Å². The molecule has 0 saturated carbocycles. The number of nitrogens with zero attached hydrogens (tertiary/aromatic N) is 1. The highest BCUT2D eigenvalue weighted by atomic mass is 35.5. The fourth-order valence-corrected chi connectivity index (χ4v) is 2.77. The minimum absolute atomic E-state index is 0. The summed E-state index contributed by atoms with van der Waals surface area (Å²) in [6, 6.07) is 10.9. The fourth-order valence-electron chi connectivity index (χ4n) is 2.77. The number of piperazine rings is 1. The van der Waals surface area contributed by atoms with Crippen molar-refractivity contribution in [3.63, 3.8) is 0 Å². The van der Waals surface area contributed by atoms with E-state index in [1.54, 1.807) is 0 Å². The Bertz CT molecular complexity index is 447. The molecule has 0 aromatic heterocycles. The van der Waals surface area contributed by atoms with Crippen molar-refractivity contribution in [1.82, 2.24) is 10.2 Å². The normalized spacial score (nSPS) is 19.0. The second kappa shape index (κ2) is 7.81. The highest BCUT2D eigenvalue weighted by molar-refractivity contribution is 5.85. The Morgan fingerprint density at radius 1 is 1.33 bits per heavy atom. The van der Waals surface area contributed by atoms with Crippen LogP contribution in [0.4, 0.5) is 0 Å². The van der Waals surface area contributed by atoms with Crippen molar-refractivity contribution in [3.05, 3.63) is 35.9 Å². The summed E-state index contributed by atoms with van der Waals surface area (Å²) in [4.78, 5) is 14.3. The lowest BCUT2D eigenvalue weighted by Crippen LogP contribution is -2.51. The van der Waals surface area contributed by atoms with Crippen LogP contribution in [0.1, 0.15) is 39.2 Å². The SMILES string of the molecule is C[C@@H]1CN(C(=O)CCC(C)(C)c2ccccc2)CCN1.Cl. The van der Waals surface area contributed by atoms with Gasteiger partial charge in [0.25, 0.3) is 0 Å². The Kier molecular flexibility index (Phi) is 6.69. The lowest BCUT2D eigenvalue weighted by molar-refractivity contribution is -0.132. The van der Waals surface area contributed by atoms with Crippen LogP contribution in [0.25, 0.3) is 0 Å². The molecule has 1 aromatic carbocycles. The molecule has 0 bridgehead atoms. The summed E-state index contributed by atoms with van der Waals surface area (Å²) in [6.45, 7) is 9.16. The van der Waals surface area contributed by atoms with E-state index in [4.69, 9.17) is 0 Å². The number of benzene rings is 1. The number of halogens is 1. The zero-order valence-electron chi connectivity index (χ0n) is 13.3. The first-order valence-corrected chi connectivity index (χ1v) is 7.56. The van der Waals surface area contributed by atoms with E-state index in [2.05, 4.69) is 50.4 Å². The Hall–Kier alpha value is -1.06. The van der Waals surface area contributed by atoms with Gasteiger partial charge in [0.15, 0.2) is 0 Å². The number of amides is 1. The first-order valence-electron chi connectivity index (χ1n) is 7.56. The maximum Gasteiger partial charge on any atom is 0.222 e. The van der Waals surface area contributed by atoms with Gasteiger partial charge in [0.05, 0.1) is 0 Å². The van der Waals surface area contributed by atoms with Crippen molar-refractivity contribution in [3.8, 4) is 0 Å². The van der Waals surface area contributed by atoms with Crippen molar-refractivity contribution in [2.75, 3.05) is 19.6 Å². The average molecular weight is 311 g/mol. The molecule has 4 heteroatoms. The zero-order valence-corrected chi connectivity index (χ0v) is 14.1. The second-order valence-electron chi connectivity index (χ2n) is 6.44. The van der Waals surface area contributed by atoms with Crippen molar-refractivity contribution < 1.29 is 4.79 Å². The zero-order chi connectivity index (χ0) is 14.6. The standard InChI is InChI=1S/C17H26N2O.ClH/c1-14-13-19(12-11-18-14)16(20)9-10-17(2,3)15-7-5-4-6-8-15;/h4-8,14,18H,9-13H2,1-3H3;1H/t14-;/m1./s1. The van der Waals surface area contributed by atoms with Crippen molar-refractivity contribution in [2.45, 2.75) is 45.1 Å². The number of nitrogens with one attached hydrogen (secondary N) is 1. The van der Waals surface area contributed by atoms with Crippen LogP contribution in [0, 0.1) is 0 Å². The largest absolute Gasteiger partial charge is 0.340 e. The first-order chi connectivity index (χ1) is 9.49. The molecule has 118 valence electrons. The van der Waals surface area contributed by atoms with Crippen LogP contribution in [0.5, 0.6) is 0 Å². The molecule has 21 heavy (non-hydrogen) atoms. The van der Waals surface area contributed by atoms with Crippen LogP contribution < -0.4 is 5.32 Å². The van der Waals surface area contributed by atoms with Gasteiger partial charge in [0.2, 0.25) is 5.91 Å². The molecular formula is C17H27ClN2O. The summed E-state index contributed by atoms with van der Waals surface area (Å²) < 4.78 is 0. The maximum absolute atomic E-state index is 12.3. The third kappa shape index (κ3) is 5.01. The van der Waals surface area contributed by atoms with Crippen LogP contribution in [0.3, 0.4) is 0 Å². The Balaban J connectivity index is 0.00000220. The fraction of sp³-hybridized carbons (Fsp3) is 0.588. The second-order valence-corrected chi connectivity index (χ2v) is 6.44. The smallest absolute Gasteiger partial charge is 0.222 e. The summed E-state index contributed by atoms with van der Waals surface area (Å²) >= 11 is 0. The van der Waals surface area contributed by atoms with E-state index in [1.807, 2.05) is 11.0 Å². The summed E-state index contributed by atoms with van der Waals surface area (Å²) in [7, 11) is 0. The highest BCUT2D eigenvalue weighted by Gasteiger charge is 2.25. The Labute approximate surface area is 134 Å². The van der Waals surface area contributed by atoms with Gasteiger partial charge in [-0.05, 0) is 24.3 Å². The molecule has 1 aliphatic heterocycles. The Morgan fingerprint density at radius 2 is 2.00 bits per heavy atom. The van der Waals surface area contributed by atoms with E-state index in [0.29, 0.717) is 18.4 Å². The van der Waals surface area contributed by atoms with Gasteiger partial charge in [0.1, 0.15) is 0 Å². The molecule has 1 N–H and O–H groups in total. The molecule has 1 aromatic rings. The third-order valence-corrected chi connectivity index (χ3v) is 4.24. The Morgan fingerprint density at radius 3 is 2.62 bits per heavy atom. The number of rotatable bonds is 4. The molecule has 3 nitrogen and oxygen atoms in total. The van der Waals surface area contributed by atoms with E-state index in [9.17, 15) is 4.79 Å². The van der Waals surface area contributed by atoms with Crippen molar-refractivity contribution >= 4 is 18.3 Å². The van der Waals surface area contributed by atoms with Crippen LogP contribution in [-0.4, -0.2) is 36.5 Å². The molecule has 1 fully saturated rings. The predicted molar refractivity (Wildman–Crippen MR) is 90.0 cm³/mol. The third-order valence-electron chi connectivity index (χ3n) is 4.24. The first kappa shape index (κ1) is 18.0. The van der Waals surface area contributed by atoms with Gasteiger partial charge in [0, 0.05) is 32.1 Å². The molecule has 2 rings (SSSR count). The van der Waals surface area contributed by atoms with E-state index < -0.39 is 0 Å². The molecule has 1 atom stereocenters. The number of hydrogen-bond acceptors (Lipinski definition) is 2. The molecule has 1 amide bonds. The molecule has 1 saturated heterocycles. The average Bonchev–Trinajstić information content (AvgIpc) is 2.46. The van der Waals surface area contributed by atoms with Gasteiger partial charge in [-0.1, -0.05) is 44.2 Å². The highest BCUT2D eigenvalue weighted by Crippen LogP contribution is 2.28. The summed E-state index contributed by atoms with van der Waals surface area (Å²) in [6.07, 6.45) is 1.53. The predicted octanol–water partition coefficient (Wildman–Crippen LogP) is 2.99. The molecular weight excluding hydrogens is 284 g/mol. The lowest BCUT2D eigenvalue weighted by Gasteiger charge is -2.33. The quantitative estimate of drug-likeness (QED) is 0.927. The molecule has 0 radical (unpaired) electrons. The van der Waals surface area contributed by atoms with E-state index in [0.717, 1.165) is 26.1 Å². The van der Waals surface area contributed by atoms with Crippen LogP contribution in [0.15, 0.2) is 30.3 Å². The van der Waals surface area contributed by atoms with Gasteiger partial charge >= 0.3 is 0 Å². The van der Waals surface area contributed by atoms with Crippen LogP contribution >= 0.6 is 12.4 Å². The number of carbonyl (C=O) groups excluding carboxylic acids is 1. The van der Waals surface area contributed by atoms with Gasteiger partial charge < -0.3 is 10.2 Å². The van der Waals surface area contributed by atoms with E-state index in [-0.39, 0.29) is 17.8 Å². The van der Waals surface area contributed by atoms with E-state index >= 15 is 0 Å². The topological polar surface area (TPSA) is 32.3 Å². The minimum atomic E-state index is 0. The lowest BCUT2D eigenvalue weighted by atomic mass is 9.80. The van der Waals surface area contributed by atoms with Crippen LogP contribution in [0.2, 0.25) is 0 Å². The summed E-state index contributed by atoms with van der Waals surface area (Å²) in [5.74, 6) is 0.294. The van der Waals surface area contributed by atoms with Gasteiger partial charge in [-0.3, -0.25) is 4.79 Å². The summed E-state index contributed by atoms with van der Waals surface area (Å²) in [5, 5.41) is 3.37. The monoisotopic (exact) mass is 310 g/mol. The van der Waals surface area contributed by atoms with E-state index in [1.165, 1.54) is 5.56 Å². The van der Waals surface area contributed by atoms with Crippen LogP contribution in [-0.2, 0) is 10.2 Å². The number of hydrogen-bond donors (Lipinski definition) is 1. The minimum Gasteiger partial charge on any atom is -0.340 e. The molecule has 0 unspecified atom stereocenters.